The first-order chi connectivity index (χ1) is 11.5. The molecule has 1 atom stereocenters. The second-order valence-electron chi connectivity index (χ2n) is 6.46. The van der Waals surface area contributed by atoms with Gasteiger partial charge in [0.2, 0.25) is 5.91 Å². The van der Waals surface area contributed by atoms with Gasteiger partial charge in [0.05, 0.1) is 6.42 Å². The second-order valence-corrected chi connectivity index (χ2v) is 6.46. The summed E-state index contributed by atoms with van der Waals surface area (Å²) in [5.41, 5.74) is 1.61. The second kappa shape index (κ2) is 7.03. The fraction of sp³-hybridized carbons (Fsp3) is 0.444. The van der Waals surface area contributed by atoms with E-state index in [2.05, 4.69) is 4.98 Å². The van der Waals surface area contributed by atoms with Crippen LogP contribution < -0.4 is 0 Å². The first-order valence-electron chi connectivity index (χ1n) is 8.28. The fourth-order valence-corrected chi connectivity index (χ4v) is 3.43. The summed E-state index contributed by atoms with van der Waals surface area (Å²) < 4.78 is 13.4. The molecule has 6 heteroatoms. The van der Waals surface area contributed by atoms with Crippen molar-refractivity contribution in [1.29, 1.82) is 0 Å². The van der Waals surface area contributed by atoms with Crippen LogP contribution in [-0.2, 0) is 16.0 Å². The van der Waals surface area contributed by atoms with E-state index in [1.807, 2.05) is 4.90 Å². The Balaban J connectivity index is 1.65. The molecule has 128 valence electrons. The molecule has 0 spiro atoms. The van der Waals surface area contributed by atoms with Crippen LogP contribution in [0.5, 0.6) is 0 Å². The van der Waals surface area contributed by atoms with Crippen LogP contribution in [0.15, 0.2) is 24.4 Å². The molecule has 24 heavy (non-hydrogen) atoms. The molecule has 0 saturated carbocycles. The number of fused-ring (bicyclic) bond motifs is 1. The molecular formula is C18H21FN2O3. The number of aromatic nitrogens is 1. The Bertz CT molecular complexity index is 756. The molecular weight excluding hydrogens is 311 g/mol. The van der Waals surface area contributed by atoms with Crippen molar-refractivity contribution in [2.24, 2.45) is 5.92 Å². The lowest BCUT2D eigenvalue weighted by atomic mass is 9.93. The number of amides is 1. The molecule has 0 bridgehead atoms. The first-order valence-corrected chi connectivity index (χ1v) is 8.28. The highest BCUT2D eigenvalue weighted by Crippen LogP contribution is 2.24. The summed E-state index contributed by atoms with van der Waals surface area (Å²) in [6.07, 6.45) is 4.61. The molecule has 0 aliphatic carbocycles. The van der Waals surface area contributed by atoms with Crippen LogP contribution in [0.3, 0.4) is 0 Å². The number of nitrogens with zero attached hydrogens (tertiary/aromatic N) is 1. The summed E-state index contributed by atoms with van der Waals surface area (Å²) in [4.78, 5) is 28.2. The molecule has 1 aromatic heterocycles. The number of aliphatic carboxylic acids is 1. The maximum atomic E-state index is 13.4. The van der Waals surface area contributed by atoms with Crippen LogP contribution in [0.4, 0.5) is 4.39 Å². The van der Waals surface area contributed by atoms with Crippen molar-refractivity contribution in [3.8, 4) is 0 Å². The zero-order chi connectivity index (χ0) is 17.1. The minimum absolute atomic E-state index is 0.0141. The molecule has 0 unspecified atom stereocenters. The smallest absolute Gasteiger partial charge is 0.303 e. The zero-order valence-electron chi connectivity index (χ0n) is 13.4. The summed E-state index contributed by atoms with van der Waals surface area (Å²) in [5.74, 6) is -0.846. The summed E-state index contributed by atoms with van der Waals surface area (Å²) in [6.45, 7) is 1.32. The third kappa shape index (κ3) is 3.75. The van der Waals surface area contributed by atoms with E-state index >= 15 is 0 Å². The van der Waals surface area contributed by atoms with Crippen LogP contribution in [-0.4, -0.2) is 40.0 Å². The van der Waals surface area contributed by atoms with Gasteiger partial charge in [-0.3, -0.25) is 9.59 Å². The van der Waals surface area contributed by atoms with Gasteiger partial charge in [0.15, 0.2) is 0 Å². The van der Waals surface area contributed by atoms with E-state index in [1.54, 1.807) is 12.3 Å². The number of carboxylic acids is 1. The Labute approximate surface area is 139 Å². The lowest BCUT2D eigenvalue weighted by Crippen LogP contribution is -2.40. The van der Waals surface area contributed by atoms with Gasteiger partial charge in [-0.05, 0) is 48.9 Å². The van der Waals surface area contributed by atoms with Gasteiger partial charge in [-0.1, -0.05) is 0 Å². The molecule has 2 N–H and O–H groups in total. The Morgan fingerprint density at radius 1 is 1.38 bits per heavy atom. The van der Waals surface area contributed by atoms with E-state index in [1.165, 1.54) is 12.1 Å². The molecule has 1 fully saturated rings. The van der Waals surface area contributed by atoms with Crippen molar-refractivity contribution < 1.29 is 19.1 Å². The summed E-state index contributed by atoms with van der Waals surface area (Å²) in [7, 11) is 0. The largest absolute Gasteiger partial charge is 0.481 e. The highest BCUT2D eigenvalue weighted by Gasteiger charge is 2.24. The number of carbonyl (C=O) groups excluding carboxylic acids is 1. The number of hydrogen-bond acceptors (Lipinski definition) is 2. The minimum atomic E-state index is -0.792. The van der Waals surface area contributed by atoms with Crippen LogP contribution in [0.25, 0.3) is 10.9 Å². The highest BCUT2D eigenvalue weighted by molar-refractivity contribution is 5.89. The molecule has 0 radical (unpaired) electrons. The quantitative estimate of drug-likeness (QED) is 0.884. The molecule has 3 rings (SSSR count). The lowest BCUT2D eigenvalue weighted by Gasteiger charge is -2.32. The Morgan fingerprint density at radius 3 is 3.00 bits per heavy atom. The fourth-order valence-electron chi connectivity index (χ4n) is 3.43. The van der Waals surface area contributed by atoms with E-state index in [-0.39, 0.29) is 30.5 Å². The van der Waals surface area contributed by atoms with E-state index < -0.39 is 5.97 Å². The molecule has 2 heterocycles. The topological polar surface area (TPSA) is 73.4 Å². The number of likely N-dealkylation sites (tertiary alicyclic amines) is 1. The average molecular weight is 332 g/mol. The number of hydrogen-bond donors (Lipinski definition) is 2. The molecule has 1 amide bonds. The third-order valence-electron chi connectivity index (χ3n) is 4.71. The SMILES string of the molecule is O=C(O)CC[C@H]1CCCN(C(=O)Cc2c[nH]c3ccc(F)cc23)C1. The van der Waals surface area contributed by atoms with Gasteiger partial charge in [-0.15, -0.1) is 0 Å². The monoisotopic (exact) mass is 332 g/mol. The lowest BCUT2D eigenvalue weighted by molar-refractivity contribution is -0.137. The van der Waals surface area contributed by atoms with Gasteiger partial charge < -0.3 is 15.0 Å². The van der Waals surface area contributed by atoms with Crippen LogP contribution >= 0.6 is 0 Å². The molecule has 1 aliphatic heterocycles. The Morgan fingerprint density at radius 2 is 2.21 bits per heavy atom. The molecule has 1 saturated heterocycles. The van der Waals surface area contributed by atoms with Crippen LogP contribution in [0.2, 0.25) is 0 Å². The normalized spacial score (nSPS) is 18.0. The minimum Gasteiger partial charge on any atom is -0.481 e. The molecule has 1 aromatic carbocycles. The molecule has 5 nitrogen and oxygen atoms in total. The molecule has 2 aromatic rings. The van der Waals surface area contributed by atoms with Crippen LogP contribution in [0, 0.1) is 11.7 Å². The number of halogens is 1. The van der Waals surface area contributed by atoms with Crippen molar-refractivity contribution in [1.82, 2.24) is 9.88 Å². The van der Waals surface area contributed by atoms with E-state index in [0.717, 1.165) is 29.3 Å². The van der Waals surface area contributed by atoms with Crippen molar-refractivity contribution in [3.05, 3.63) is 35.8 Å². The average Bonchev–Trinajstić information content (AvgIpc) is 2.95. The van der Waals surface area contributed by atoms with E-state index in [9.17, 15) is 14.0 Å². The number of piperidine rings is 1. The third-order valence-corrected chi connectivity index (χ3v) is 4.71. The first kappa shape index (κ1) is 16.5. The van der Waals surface area contributed by atoms with Gasteiger partial charge in [0.1, 0.15) is 5.82 Å². The highest BCUT2D eigenvalue weighted by atomic mass is 19.1. The van der Waals surface area contributed by atoms with Gasteiger partial charge >= 0.3 is 5.97 Å². The standard InChI is InChI=1S/C18H21FN2O3/c19-14-4-5-16-15(9-14)13(10-20-16)8-17(22)21-7-1-2-12(11-21)3-6-18(23)24/h4-5,9-10,12,20H,1-3,6-8,11H2,(H,23,24)/t12-/m1/s1. The summed E-state index contributed by atoms with van der Waals surface area (Å²) in [5, 5.41) is 9.54. The van der Waals surface area contributed by atoms with Crippen molar-refractivity contribution >= 4 is 22.8 Å². The maximum Gasteiger partial charge on any atom is 0.303 e. The van der Waals surface area contributed by atoms with Gasteiger partial charge in [-0.25, -0.2) is 4.39 Å². The van der Waals surface area contributed by atoms with E-state index in [4.69, 9.17) is 5.11 Å². The number of aromatic amines is 1. The van der Waals surface area contributed by atoms with E-state index in [0.29, 0.717) is 19.5 Å². The number of H-pyrrole nitrogens is 1. The van der Waals surface area contributed by atoms with Gasteiger partial charge in [-0.2, -0.15) is 0 Å². The number of nitrogens with one attached hydrogen (secondary N) is 1. The number of carboxylic acid groups (broad SMARTS) is 1. The number of benzene rings is 1. The Kier molecular flexibility index (Phi) is 4.83. The summed E-state index contributed by atoms with van der Waals surface area (Å²) >= 11 is 0. The van der Waals surface area contributed by atoms with Crippen molar-refractivity contribution in [3.63, 3.8) is 0 Å². The Hall–Kier alpha value is -2.37. The predicted molar refractivity (Wildman–Crippen MR) is 88.1 cm³/mol. The van der Waals surface area contributed by atoms with Crippen LogP contribution in [0.1, 0.15) is 31.2 Å². The van der Waals surface area contributed by atoms with Gasteiger partial charge in [0.25, 0.3) is 0 Å². The van der Waals surface area contributed by atoms with Crippen molar-refractivity contribution in [2.75, 3.05) is 13.1 Å². The zero-order valence-corrected chi connectivity index (χ0v) is 13.4. The molecule has 1 aliphatic rings. The number of carbonyl (C=O) groups is 2. The van der Waals surface area contributed by atoms with Gasteiger partial charge in [0, 0.05) is 36.6 Å². The predicted octanol–water partition coefficient (Wildman–Crippen LogP) is 2.95. The summed E-state index contributed by atoms with van der Waals surface area (Å²) in [6, 6.07) is 4.50. The van der Waals surface area contributed by atoms with Crippen molar-refractivity contribution in [2.45, 2.75) is 32.1 Å². The maximum absolute atomic E-state index is 13.4. The number of rotatable bonds is 5.